The first-order chi connectivity index (χ1) is 14.0. The number of anilines is 2. The number of benzene rings is 2. The zero-order valence-electron chi connectivity index (χ0n) is 16.6. The number of hydrogen-bond acceptors (Lipinski definition) is 5. The lowest BCUT2D eigenvalue weighted by atomic mass is 10.2. The van der Waals surface area contributed by atoms with Gasteiger partial charge in [-0.2, -0.15) is 0 Å². The van der Waals surface area contributed by atoms with Crippen LogP contribution in [0.1, 0.15) is 35.8 Å². The van der Waals surface area contributed by atoms with Gasteiger partial charge in [-0.1, -0.05) is 25.5 Å². The second-order valence-corrected chi connectivity index (χ2v) is 6.65. The lowest BCUT2D eigenvalue weighted by molar-refractivity contribution is 0.102. The molecule has 0 saturated heterocycles. The smallest absolute Gasteiger partial charge is 0.259 e. The Morgan fingerprint density at radius 1 is 1.03 bits per heavy atom. The number of aryl methyl sites for hydroxylation is 1. The predicted octanol–water partition coefficient (Wildman–Crippen LogP) is 5.20. The summed E-state index contributed by atoms with van der Waals surface area (Å²) in [5.41, 5.74) is 7.55. The number of nitrogens with zero attached hydrogens (tertiary/aromatic N) is 1. The molecule has 29 heavy (non-hydrogen) atoms. The van der Waals surface area contributed by atoms with E-state index in [9.17, 15) is 4.79 Å². The summed E-state index contributed by atoms with van der Waals surface area (Å²) in [5, 5.41) is 2.83. The molecule has 0 spiro atoms. The van der Waals surface area contributed by atoms with Gasteiger partial charge in [0.05, 0.1) is 12.2 Å². The minimum atomic E-state index is -0.321. The quantitative estimate of drug-likeness (QED) is 0.516. The number of nitrogen functional groups attached to an aromatic ring is 1. The molecule has 150 valence electrons. The number of carbonyl (C=O) groups excluding carboxylic acids is 1. The van der Waals surface area contributed by atoms with Gasteiger partial charge in [0.15, 0.2) is 0 Å². The van der Waals surface area contributed by atoms with Crippen molar-refractivity contribution < 1.29 is 14.3 Å². The molecule has 2 aromatic carbocycles. The third kappa shape index (κ3) is 5.72. The van der Waals surface area contributed by atoms with Crippen LogP contribution < -0.4 is 20.5 Å². The maximum atomic E-state index is 12.5. The van der Waals surface area contributed by atoms with E-state index in [1.807, 2.05) is 43.3 Å². The highest BCUT2D eigenvalue weighted by Crippen LogP contribution is 2.27. The van der Waals surface area contributed by atoms with Crippen LogP contribution in [-0.4, -0.2) is 17.5 Å². The van der Waals surface area contributed by atoms with Crippen molar-refractivity contribution in [3.8, 4) is 17.2 Å². The Morgan fingerprint density at radius 2 is 1.76 bits per heavy atom. The highest BCUT2D eigenvalue weighted by molar-refractivity contribution is 6.07. The molecular formula is C23H25N3O3. The molecule has 1 aromatic heterocycles. The maximum absolute atomic E-state index is 12.5. The molecule has 0 radical (unpaired) electrons. The van der Waals surface area contributed by atoms with Crippen molar-refractivity contribution in [2.45, 2.75) is 26.7 Å². The Morgan fingerprint density at radius 3 is 2.52 bits per heavy atom. The zero-order chi connectivity index (χ0) is 20.6. The van der Waals surface area contributed by atoms with Crippen molar-refractivity contribution in [2.75, 3.05) is 17.7 Å². The minimum Gasteiger partial charge on any atom is -0.493 e. The Labute approximate surface area is 170 Å². The van der Waals surface area contributed by atoms with E-state index >= 15 is 0 Å². The van der Waals surface area contributed by atoms with E-state index < -0.39 is 0 Å². The molecule has 0 atom stereocenters. The van der Waals surface area contributed by atoms with Crippen molar-refractivity contribution in [1.29, 1.82) is 0 Å². The largest absolute Gasteiger partial charge is 0.493 e. The van der Waals surface area contributed by atoms with E-state index in [4.69, 9.17) is 15.2 Å². The van der Waals surface area contributed by atoms with Crippen LogP contribution in [0.25, 0.3) is 0 Å². The molecule has 0 aliphatic rings. The molecule has 3 rings (SSSR count). The lowest BCUT2D eigenvalue weighted by Gasteiger charge is -2.11. The predicted molar refractivity (Wildman–Crippen MR) is 115 cm³/mol. The third-order valence-electron chi connectivity index (χ3n) is 4.21. The molecule has 6 heteroatoms. The second kappa shape index (κ2) is 9.59. The number of carbonyl (C=O) groups is 1. The third-order valence-corrected chi connectivity index (χ3v) is 4.21. The summed E-state index contributed by atoms with van der Waals surface area (Å²) in [6.07, 6.45) is 2.09. The van der Waals surface area contributed by atoms with Gasteiger partial charge in [-0.15, -0.1) is 0 Å². The van der Waals surface area contributed by atoms with Crippen LogP contribution in [0.3, 0.4) is 0 Å². The molecular weight excluding hydrogens is 366 g/mol. The number of amides is 1. The Kier molecular flexibility index (Phi) is 6.68. The van der Waals surface area contributed by atoms with E-state index in [0.717, 1.165) is 24.3 Å². The summed E-state index contributed by atoms with van der Waals surface area (Å²) in [4.78, 5) is 16.6. The van der Waals surface area contributed by atoms with E-state index in [0.29, 0.717) is 29.4 Å². The van der Waals surface area contributed by atoms with Gasteiger partial charge in [0.2, 0.25) is 0 Å². The first-order valence-corrected chi connectivity index (χ1v) is 9.60. The average molecular weight is 391 g/mol. The molecule has 0 saturated carbocycles. The normalized spacial score (nSPS) is 10.4. The van der Waals surface area contributed by atoms with Crippen molar-refractivity contribution in [2.24, 2.45) is 0 Å². The van der Waals surface area contributed by atoms with Gasteiger partial charge >= 0.3 is 0 Å². The van der Waals surface area contributed by atoms with Crippen LogP contribution >= 0.6 is 0 Å². The molecule has 3 N–H and O–H groups in total. The number of nitrogens with one attached hydrogen (secondary N) is 1. The van der Waals surface area contributed by atoms with Gasteiger partial charge in [-0.25, -0.2) is 4.98 Å². The fourth-order valence-corrected chi connectivity index (χ4v) is 2.70. The number of hydrogen-bond donors (Lipinski definition) is 2. The zero-order valence-corrected chi connectivity index (χ0v) is 16.6. The minimum absolute atomic E-state index is 0.204. The number of nitrogens with two attached hydrogens (primary N) is 1. The molecule has 0 aliphatic heterocycles. The monoisotopic (exact) mass is 391 g/mol. The van der Waals surface area contributed by atoms with Gasteiger partial charge in [0, 0.05) is 23.5 Å². The van der Waals surface area contributed by atoms with Gasteiger partial charge in [-0.05, 0) is 49.7 Å². The van der Waals surface area contributed by atoms with Crippen LogP contribution in [0.4, 0.5) is 11.5 Å². The first kappa shape index (κ1) is 20.2. The topological polar surface area (TPSA) is 86.5 Å². The highest BCUT2D eigenvalue weighted by Gasteiger charge is 2.11. The van der Waals surface area contributed by atoms with E-state index in [-0.39, 0.29) is 11.7 Å². The van der Waals surface area contributed by atoms with Crippen LogP contribution in [0.5, 0.6) is 17.2 Å². The number of ether oxygens (including phenoxy) is 2. The molecule has 1 heterocycles. The number of pyridine rings is 1. The van der Waals surface area contributed by atoms with Gasteiger partial charge < -0.3 is 20.5 Å². The number of aromatic nitrogens is 1. The summed E-state index contributed by atoms with van der Waals surface area (Å²) in [6, 6.07) is 18.1. The van der Waals surface area contributed by atoms with Crippen molar-refractivity contribution in [3.63, 3.8) is 0 Å². The Bertz CT molecular complexity index is 989. The fraction of sp³-hybridized carbons (Fsp3) is 0.217. The number of unbranched alkanes of at least 4 members (excludes halogenated alkanes) is 1. The van der Waals surface area contributed by atoms with Gasteiger partial charge in [-0.3, -0.25) is 4.79 Å². The molecule has 3 aromatic rings. The summed E-state index contributed by atoms with van der Waals surface area (Å²) in [7, 11) is 0. The summed E-state index contributed by atoms with van der Waals surface area (Å²) in [6.45, 7) is 4.62. The van der Waals surface area contributed by atoms with Crippen LogP contribution in [-0.2, 0) is 0 Å². The van der Waals surface area contributed by atoms with Gasteiger partial charge in [0.1, 0.15) is 23.1 Å². The second-order valence-electron chi connectivity index (χ2n) is 6.65. The highest BCUT2D eigenvalue weighted by atomic mass is 16.5. The molecule has 0 fully saturated rings. The Balaban J connectivity index is 1.68. The van der Waals surface area contributed by atoms with Crippen LogP contribution in [0.15, 0.2) is 60.7 Å². The molecule has 0 aliphatic carbocycles. The Hall–Kier alpha value is -3.54. The summed E-state index contributed by atoms with van der Waals surface area (Å²) < 4.78 is 11.6. The molecule has 6 nitrogen and oxygen atoms in total. The van der Waals surface area contributed by atoms with Crippen molar-refractivity contribution in [3.05, 3.63) is 71.9 Å². The van der Waals surface area contributed by atoms with E-state index in [1.165, 1.54) is 0 Å². The standard InChI is InChI=1S/C23H25N3O3/c1-3-4-13-28-18-8-6-10-20(15-18)29-19-9-5-7-17(14-19)26-23(27)21-12-11-16(2)25-22(21)24/h5-12,14-15H,3-4,13H2,1-2H3,(H2,24,25)(H,26,27). The summed E-state index contributed by atoms with van der Waals surface area (Å²) in [5.74, 6) is 1.91. The average Bonchev–Trinajstić information content (AvgIpc) is 2.68. The van der Waals surface area contributed by atoms with Crippen LogP contribution in [0.2, 0.25) is 0 Å². The van der Waals surface area contributed by atoms with Crippen molar-refractivity contribution in [1.82, 2.24) is 4.98 Å². The number of rotatable bonds is 8. The lowest BCUT2D eigenvalue weighted by Crippen LogP contribution is -2.15. The fourth-order valence-electron chi connectivity index (χ4n) is 2.70. The van der Waals surface area contributed by atoms with E-state index in [2.05, 4.69) is 17.2 Å². The first-order valence-electron chi connectivity index (χ1n) is 9.60. The van der Waals surface area contributed by atoms with Crippen molar-refractivity contribution >= 4 is 17.4 Å². The maximum Gasteiger partial charge on any atom is 0.259 e. The summed E-state index contributed by atoms with van der Waals surface area (Å²) >= 11 is 0. The SMILES string of the molecule is CCCCOc1cccc(Oc2cccc(NC(=O)c3ccc(C)nc3N)c2)c1. The van der Waals surface area contributed by atoms with Gasteiger partial charge in [0.25, 0.3) is 5.91 Å². The molecule has 0 unspecified atom stereocenters. The van der Waals surface area contributed by atoms with Crippen LogP contribution in [0, 0.1) is 6.92 Å². The van der Waals surface area contributed by atoms with E-state index in [1.54, 1.807) is 24.3 Å². The molecule has 1 amide bonds. The molecule has 0 bridgehead atoms.